The van der Waals surface area contributed by atoms with Crippen molar-refractivity contribution in [2.24, 2.45) is 0 Å². The fourth-order valence-corrected chi connectivity index (χ4v) is 1.92. The van der Waals surface area contributed by atoms with E-state index in [-0.39, 0.29) is 11.4 Å². The van der Waals surface area contributed by atoms with Crippen LogP contribution in [0.2, 0.25) is 0 Å². The predicted octanol–water partition coefficient (Wildman–Crippen LogP) is 2.30. The van der Waals surface area contributed by atoms with Gasteiger partial charge in [-0.3, -0.25) is 9.48 Å². The van der Waals surface area contributed by atoms with E-state index in [0.29, 0.717) is 10.9 Å². The zero-order valence-corrected chi connectivity index (χ0v) is 12.1. The van der Waals surface area contributed by atoms with Gasteiger partial charge in [-0.25, -0.2) is 4.79 Å². The lowest BCUT2D eigenvalue weighted by Gasteiger charge is -2.23. The molecule has 0 fully saturated rings. The molecule has 0 spiro atoms. The van der Waals surface area contributed by atoms with Crippen molar-refractivity contribution in [2.75, 3.05) is 0 Å². The molecule has 2 rings (SSSR count). The number of carbonyl (C=O) groups excluding carboxylic acids is 1. The number of ether oxygens (including phenoxy) is 1. The summed E-state index contributed by atoms with van der Waals surface area (Å²) in [6.45, 7) is 7.15. The molecule has 0 saturated heterocycles. The maximum Gasteiger partial charge on any atom is 0.331 e. The number of para-hydroxylation sites is 1. The Kier molecular flexibility index (Phi) is 3.61. The van der Waals surface area contributed by atoms with Crippen LogP contribution in [0.25, 0.3) is 10.9 Å². The quantitative estimate of drug-likeness (QED) is 0.788. The van der Waals surface area contributed by atoms with E-state index in [1.54, 1.807) is 25.1 Å². The lowest BCUT2D eigenvalue weighted by molar-refractivity contribution is -0.158. The van der Waals surface area contributed by atoms with Crippen LogP contribution in [0.5, 0.6) is 0 Å². The fraction of sp³-hybridized carbons (Fsp3) is 0.400. The molecular weight excluding hydrogens is 256 g/mol. The first kappa shape index (κ1) is 14.2. The van der Waals surface area contributed by atoms with Gasteiger partial charge in [0.2, 0.25) is 5.43 Å². The summed E-state index contributed by atoms with van der Waals surface area (Å²) >= 11 is 0. The van der Waals surface area contributed by atoms with Crippen LogP contribution in [-0.2, 0) is 9.53 Å². The second-order valence-corrected chi connectivity index (χ2v) is 5.68. The molecule has 5 nitrogen and oxygen atoms in total. The zero-order valence-electron chi connectivity index (χ0n) is 12.1. The average Bonchev–Trinajstić information content (AvgIpc) is 2.37. The molecule has 5 heteroatoms. The highest BCUT2D eigenvalue weighted by Crippen LogP contribution is 2.17. The highest BCUT2D eigenvalue weighted by Gasteiger charge is 2.24. The summed E-state index contributed by atoms with van der Waals surface area (Å²) in [6.07, 6.45) is 1.23. The third-order valence-electron chi connectivity index (χ3n) is 2.83. The van der Waals surface area contributed by atoms with Gasteiger partial charge >= 0.3 is 5.97 Å². The lowest BCUT2D eigenvalue weighted by atomic mass is 10.2. The van der Waals surface area contributed by atoms with Crippen molar-refractivity contribution in [3.05, 3.63) is 40.7 Å². The number of aromatic nitrogens is 2. The highest BCUT2D eigenvalue weighted by atomic mass is 16.6. The molecule has 1 heterocycles. The van der Waals surface area contributed by atoms with Crippen molar-refractivity contribution in [1.29, 1.82) is 0 Å². The van der Waals surface area contributed by atoms with Crippen molar-refractivity contribution in [2.45, 2.75) is 39.3 Å². The summed E-state index contributed by atoms with van der Waals surface area (Å²) in [5.41, 5.74) is -0.0909. The van der Waals surface area contributed by atoms with Crippen molar-refractivity contribution < 1.29 is 9.53 Å². The first-order valence-electron chi connectivity index (χ1n) is 6.49. The molecule has 0 amide bonds. The van der Waals surface area contributed by atoms with E-state index in [2.05, 4.69) is 5.10 Å². The molecule has 1 aromatic carbocycles. The van der Waals surface area contributed by atoms with Crippen molar-refractivity contribution in [3.63, 3.8) is 0 Å². The number of hydrogen-bond donors (Lipinski definition) is 0. The Bertz CT molecular complexity index is 698. The Morgan fingerprint density at radius 1 is 1.30 bits per heavy atom. The van der Waals surface area contributed by atoms with Gasteiger partial charge in [-0.15, -0.1) is 0 Å². The standard InChI is InChI=1S/C15H18N2O3/c1-10(14(19)20-15(2,3)4)17-12-8-6-5-7-11(12)13(18)9-16-17/h5-10H,1-4H3. The van der Waals surface area contributed by atoms with Crippen molar-refractivity contribution in [3.8, 4) is 0 Å². The molecule has 0 aliphatic heterocycles. The SMILES string of the molecule is CC(C(=O)OC(C)(C)C)n1ncc(=O)c2ccccc21. The van der Waals surface area contributed by atoms with Crippen LogP contribution in [0.15, 0.2) is 35.3 Å². The number of benzene rings is 1. The summed E-state index contributed by atoms with van der Waals surface area (Å²) in [5, 5.41) is 4.60. The van der Waals surface area contributed by atoms with E-state index in [4.69, 9.17) is 4.74 Å². The average molecular weight is 274 g/mol. The van der Waals surface area contributed by atoms with Gasteiger partial charge in [0.25, 0.3) is 0 Å². The van der Waals surface area contributed by atoms with Crippen LogP contribution in [0.1, 0.15) is 33.7 Å². The van der Waals surface area contributed by atoms with Gasteiger partial charge in [0, 0.05) is 5.39 Å². The maximum absolute atomic E-state index is 12.1. The minimum atomic E-state index is -0.597. The van der Waals surface area contributed by atoms with Gasteiger partial charge in [-0.2, -0.15) is 5.10 Å². The third-order valence-corrected chi connectivity index (χ3v) is 2.83. The first-order valence-corrected chi connectivity index (χ1v) is 6.49. The number of rotatable bonds is 2. The van der Waals surface area contributed by atoms with Crippen LogP contribution >= 0.6 is 0 Å². The van der Waals surface area contributed by atoms with Crippen LogP contribution in [0, 0.1) is 0 Å². The minimum Gasteiger partial charge on any atom is -0.458 e. The number of hydrogen-bond acceptors (Lipinski definition) is 4. The molecule has 20 heavy (non-hydrogen) atoms. The summed E-state index contributed by atoms with van der Waals surface area (Å²) in [4.78, 5) is 23.9. The Morgan fingerprint density at radius 3 is 2.60 bits per heavy atom. The van der Waals surface area contributed by atoms with E-state index < -0.39 is 11.6 Å². The van der Waals surface area contributed by atoms with Gasteiger partial charge < -0.3 is 4.74 Å². The highest BCUT2D eigenvalue weighted by molar-refractivity contribution is 5.81. The predicted molar refractivity (Wildman–Crippen MR) is 76.6 cm³/mol. The number of carbonyl (C=O) groups is 1. The first-order chi connectivity index (χ1) is 9.29. The fourth-order valence-electron chi connectivity index (χ4n) is 1.92. The summed E-state index contributed by atoms with van der Waals surface area (Å²) < 4.78 is 6.87. The topological polar surface area (TPSA) is 61.2 Å². The summed E-state index contributed by atoms with van der Waals surface area (Å²) in [7, 11) is 0. The van der Waals surface area contributed by atoms with Gasteiger partial charge in [-0.1, -0.05) is 12.1 Å². The molecule has 0 N–H and O–H groups in total. The third kappa shape index (κ3) is 2.87. The number of esters is 1. The molecule has 0 radical (unpaired) electrons. The van der Waals surface area contributed by atoms with Crippen molar-refractivity contribution >= 4 is 16.9 Å². The number of nitrogens with zero attached hydrogens (tertiary/aromatic N) is 2. The van der Waals surface area contributed by atoms with Crippen LogP contribution in [0.4, 0.5) is 0 Å². The maximum atomic E-state index is 12.1. The van der Waals surface area contributed by atoms with E-state index in [1.807, 2.05) is 26.8 Å². The molecule has 0 bridgehead atoms. The van der Waals surface area contributed by atoms with E-state index in [9.17, 15) is 9.59 Å². The van der Waals surface area contributed by atoms with Crippen LogP contribution < -0.4 is 5.43 Å². The molecule has 1 atom stereocenters. The summed E-state index contributed by atoms with van der Waals surface area (Å²) in [5.74, 6) is -0.376. The van der Waals surface area contributed by atoms with Crippen LogP contribution in [-0.4, -0.2) is 21.4 Å². The minimum absolute atomic E-state index is 0.159. The van der Waals surface area contributed by atoms with Gasteiger partial charge in [0.1, 0.15) is 11.6 Å². The normalized spacial score (nSPS) is 13.2. The Morgan fingerprint density at radius 2 is 1.95 bits per heavy atom. The molecule has 2 aromatic rings. The molecule has 0 aliphatic rings. The van der Waals surface area contributed by atoms with Gasteiger partial charge in [0.05, 0.1) is 11.7 Å². The Labute approximate surface area is 117 Å². The molecule has 1 aromatic heterocycles. The zero-order chi connectivity index (χ0) is 14.9. The second kappa shape index (κ2) is 5.07. The molecule has 0 saturated carbocycles. The van der Waals surface area contributed by atoms with Gasteiger partial charge in [0.15, 0.2) is 0 Å². The summed E-state index contributed by atoms with van der Waals surface area (Å²) in [6, 6.07) is 6.48. The monoisotopic (exact) mass is 274 g/mol. The molecule has 1 unspecified atom stereocenters. The molecular formula is C15H18N2O3. The van der Waals surface area contributed by atoms with E-state index >= 15 is 0 Å². The van der Waals surface area contributed by atoms with Crippen LogP contribution in [0.3, 0.4) is 0 Å². The smallest absolute Gasteiger partial charge is 0.331 e. The van der Waals surface area contributed by atoms with E-state index in [1.165, 1.54) is 10.9 Å². The second-order valence-electron chi connectivity index (χ2n) is 5.68. The van der Waals surface area contributed by atoms with Gasteiger partial charge in [-0.05, 0) is 39.8 Å². The number of fused-ring (bicyclic) bond motifs is 1. The molecule has 106 valence electrons. The van der Waals surface area contributed by atoms with Crippen molar-refractivity contribution in [1.82, 2.24) is 9.78 Å². The lowest BCUT2D eigenvalue weighted by Crippen LogP contribution is -2.30. The largest absolute Gasteiger partial charge is 0.458 e. The Hall–Kier alpha value is -2.17. The Balaban J connectivity index is 2.46. The van der Waals surface area contributed by atoms with E-state index in [0.717, 1.165) is 0 Å². The molecule has 0 aliphatic carbocycles.